The summed E-state index contributed by atoms with van der Waals surface area (Å²) in [6.45, 7) is 5.89. The first-order valence-electron chi connectivity index (χ1n) is 16.0. The average Bonchev–Trinajstić information content (AvgIpc) is 3.23. The van der Waals surface area contributed by atoms with Crippen molar-refractivity contribution in [1.82, 2.24) is 25.2 Å². The number of nitrogens with zero attached hydrogens (tertiary/aromatic N) is 6. The van der Waals surface area contributed by atoms with Gasteiger partial charge in [-0.1, -0.05) is 36.4 Å². The van der Waals surface area contributed by atoms with E-state index in [0.29, 0.717) is 40.8 Å². The van der Waals surface area contributed by atoms with Crippen molar-refractivity contribution < 1.29 is 14.4 Å². The predicted molar refractivity (Wildman–Crippen MR) is 188 cm³/mol. The molecule has 3 aliphatic rings. The molecule has 1 aliphatic carbocycles. The smallest absolute Gasteiger partial charge is 0.330 e. The van der Waals surface area contributed by atoms with Crippen LogP contribution in [0.2, 0.25) is 0 Å². The molecule has 0 spiro atoms. The van der Waals surface area contributed by atoms with E-state index in [4.69, 9.17) is 0 Å². The van der Waals surface area contributed by atoms with Crippen LogP contribution < -0.4 is 20.9 Å². The Morgan fingerprint density at radius 1 is 1.00 bits per heavy atom. The molecule has 2 atom stereocenters. The van der Waals surface area contributed by atoms with E-state index in [1.807, 2.05) is 74.5 Å². The summed E-state index contributed by atoms with van der Waals surface area (Å²) in [4.78, 5) is 61.4. The van der Waals surface area contributed by atoms with Gasteiger partial charge in [-0.3, -0.25) is 29.4 Å². The normalized spacial score (nSPS) is 18.7. The second-order valence-electron chi connectivity index (χ2n) is 12.3. The largest absolute Gasteiger partial charge is 0.345 e. The third kappa shape index (κ3) is 6.28. The van der Waals surface area contributed by atoms with E-state index < -0.39 is 6.04 Å². The summed E-state index contributed by atoms with van der Waals surface area (Å²) >= 11 is 0. The highest BCUT2D eigenvalue weighted by molar-refractivity contribution is 6.20. The monoisotopic (exact) mass is 653 g/mol. The molecule has 2 aromatic heterocycles. The maximum Gasteiger partial charge on any atom is 0.330 e. The minimum Gasteiger partial charge on any atom is -0.345 e. The number of hydrogen-bond donors (Lipinski definition) is 3. The Morgan fingerprint density at radius 3 is 2.59 bits per heavy atom. The highest BCUT2D eigenvalue weighted by Gasteiger charge is 2.34. The summed E-state index contributed by atoms with van der Waals surface area (Å²) in [5.41, 5.74) is 7.30. The van der Waals surface area contributed by atoms with Crippen LogP contribution in [0, 0.1) is 6.92 Å². The van der Waals surface area contributed by atoms with Gasteiger partial charge < -0.3 is 16.0 Å². The van der Waals surface area contributed by atoms with Gasteiger partial charge >= 0.3 is 6.03 Å². The highest BCUT2D eigenvalue weighted by Crippen LogP contribution is 2.33. The fourth-order valence-electron chi connectivity index (χ4n) is 6.06. The van der Waals surface area contributed by atoms with Gasteiger partial charge in [0, 0.05) is 46.9 Å². The van der Waals surface area contributed by atoms with E-state index in [9.17, 15) is 14.4 Å². The molecular weight excluding hydrogens is 618 g/mol. The van der Waals surface area contributed by atoms with E-state index in [-0.39, 0.29) is 30.4 Å². The lowest BCUT2D eigenvalue weighted by molar-refractivity contribution is -0.116. The molecule has 4 aromatic rings. The maximum absolute atomic E-state index is 13.7. The molecule has 49 heavy (non-hydrogen) atoms. The molecule has 0 bridgehead atoms. The van der Waals surface area contributed by atoms with E-state index in [2.05, 4.69) is 35.9 Å². The number of carbonyl (C=O) groups excluding carboxylic acids is 3. The number of nitrogens with one attached hydrogen (secondary N) is 3. The number of benzodiazepines with no additional fused rings is 1. The zero-order chi connectivity index (χ0) is 34.2. The molecule has 2 aliphatic heterocycles. The molecule has 12 heteroatoms. The van der Waals surface area contributed by atoms with Gasteiger partial charge in [-0.2, -0.15) is 4.98 Å². The predicted octanol–water partition coefficient (Wildman–Crippen LogP) is 5.51. The number of fused-ring (bicyclic) bond motifs is 2. The van der Waals surface area contributed by atoms with Crippen molar-refractivity contribution in [2.24, 2.45) is 4.99 Å². The molecule has 0 fully saturated rings. The van der Waals surface area contributed by atoms with Crippen LogP contribution in [0.4, 0.5) is 27.9 Å². The Morgan fingerprint density at radius 2 is 1.82 bits per heavy atom. The van der Waals surface area contributed by atoms with Crippen molar-refractivity contribution in [2.45, 2.75) is 45.8 Å². The number of aromatic nitrogens is 3. The Labute approximate surface area is 283 Å². The lowest BCUT2D eigenvalue weighted by atomic mass is 9.97. The number of carbonyl (C=O) groups is 3. The fraction of sp³-hybridized carbons (Fsp3) is 0.216. The van der Waals surface area contributed by atoms with E-state index >= 15 is 0 Å². The zero-order valence-electron chi connectivity index (χ0n) is 27.6. The van der Waals surface area contributed by atoms with Crippen molar-refractivity contribution in [3.8, 4) is 0 Å². The topological polar surface area (TPSA) is 145 Å². The van der Waals surface area contributed by atoms with Crippen LogP contribution in [0.25, 0.3) is 0 Å². The van der Waals surface area contributed by atoms with E-state index in [0.717, 1.165) is 33.6 Å². The van der Waals surface area contributed by atoms with Crippen molar-refractivity contribution in [3.63, 3.8) is 0 Å². The third-order valence-electron chi connectivity index (χ3n) is 8.77. The molecule has 246 valence electrons. The number of aliphatic imine (C=N–C) groups is 1. The van der Waals surface area contributed by atoms with E-state index in [1.165, 1.54) is 4.90 Å². The van der Waals surface area contributed by atoms with E-state index in [1.54, 1.807) is 43.4 Å². The molecular formula is C37H35N9O3. The first-order chi connectivity index (χ1) is 23.6. The van der Waals surface area contributed by atoms with Crippen LogP contribution in [-0.4, -0.2) is 62.5 Å². The molecule has 3 N–H and O–H groups in total. The van der Waals surface area contributed by atoms with Gasteiger partial charge in [0.15, 0.2) is 0 Å². The quantitative estimate of drug-likeness (QED) is 0.249. The van der Waals surface area contributed by atoms with Crippen LogP contribution >= 0.6 is 0 Å². The summed E-state index contributed by atoms with van der Waals surface area (Å²) in [7, 11) is 1.69. The molecule has 4 amide bonds. The molecule has 1 unspecified atom stereocenters. The van der Waals surface area contributed by atoms with Gasteiger partial charge in [-0.25, -0.2) is 9.78 Å². The average molecular weight is 654 g/mol. The minimum atomic E-state index is -0.592. The number of allylic oxidation sites excluding steroid dienone is 1. The van der Waals surface area contributed by atoms with Crippen LogP contribution in [-0.2, 0) is 11.3 Å². The first-order valence-corrected chi connectivity index (χ1v) is 16.0. The summed E-state index contributed by atoms with van der Waals surface area (Å²) in [6, 6.07) is 17.5. The zero-order valence-corrected chi connectivity index (χ0v) is 27.6. The lowest BCUT2D eigenvalue weighted by Crippen LogP contribution is -2.46. The van der Waals surface area contributed by atoms with Gasteiger partial charge in [-0.05, 0) is 69.2 Å². The molecule has 0 radical (unpaired) electrons. The Bertz CT molecular complexity index is 2070. The number of aryl methyl sites for hydroxylation is 1. The van der Waals surface area contributed by atoms with Gasteiger partial charge in [0.05, 0.1) is 35.9 Å². The van der Waals surface area contributed by atoms with Crippen molar-refractivity contribution in [2.75, 3.05) is 22.6 Å². The minimum absolute atomic E-state index is 0.244. The Hall–Kier alpha value is -6.17. The van der Waals surface area contributed by atoms with Gasteiger partial charge in [0.1, 0.15) is 11.9 Å². The molecule has 0 saturated carbocycles. The molecule has 4 heterocycles. The Kier molecular flexibility index (Phi) is 8.21. The summed E-state index contributed by atoms with van der Waals surface area (Å²) in [6.07, 6.45) is 7.92. The van der Waals surface area contributed by atoms with Gasteiger partial charge in [-0.15, -0.1) is 0 Å². The Balaban J connectivity index is 1.10. The van der Waals surface area contributed by atoms with Gasteiger partial charge in [0.25, 0.3) is 5.91 Å². The summed E-state index contributed by atoms with van der Waals surface area (Å²) in [5.74, 6) is 0.339. The number of anilines is 4. The first kappa shape index (κ1) is 31.4. The lowest BCUT2D eigenvalue weighted by Gasteiger charge is -2.37. The molecule has 2 aromatic carbocycles. The number of rotatable bonds is 6. The SMILES string of the molecule is CC1=CCC(NC(=O)c2ccc3c(c2)NC(=O)[C@H](C)N=C3c2ccccc2)C=C1N1Cc2cnc(Nc3ccc(C)nc3)nc2N(C)C1=O. The number of urea groups is 1. The fourth-order valence-corrected chi connectivity index (χ4v) is 6.06. The highest BCUT2D eigenvalue weighted by atomic mass is 16.2. The second kappa shape index (κ2) is 12.8. The van der Waals surface area contributed by atoms with Crippen molar-refractivity contribution in [1.29, 1.82) is 0 Å². The summed E-state index contributed by atoms with van der Waals surface area (Å²) in [5, 5.41) is 9.18. The van der Waals surface area contributed by atoms with Crippen molar-refractivity contribution in [3.05, 3.63) is 124 Å². The number of amides is 4. The number of pyridine rings is 1. The van der Waals surface area contributed by atoms with Crippen LogP contribution in [0.3, 0.4) is 0 Å². The standard InChI is InChI=1S/C37H35N9O3/c1-21-10-13-27(41-35(48)25-12-15-29-30(16-25)43-34(47)23(3)40-32(29)24-8-6-5-7-9-24)17-31(21)46-20-26-18-39-36(44-33(26)45(4)37(46)49)42-28-14-11-22(2)38-19-28/h5-12,14-19,23,27H,13,20H2,1-4H3,(H,41,48)(H,43,47)(H,39,42,44)/t23-,27?/m0/s1. The van der Waals surface area contributed by atoms with Crippen molar-refractivity contribution >= 4 is 46.7 Å². The third-order valence-corrected chi connectivity index (χ3v) is 8.77. The van der Waals surface area contributed by atoms with Crippen LogP contribution in [0.5, 0.6) is 0 Å². The summed E-state index contributed by atoms with van der Waals surface area (Å²) < 4.78 is 0. The number of hydrogen-bond acceptors (Lipinski definition) is 8. The van der Waals surface area contributed by atoms with Crippen LogP contribution in [0.15, 0.2) is 101 Å². The molecule has 12 nitrogen and oxygen atoms in total. The maximum atomic E-state index is 13.7. The van der Waals surface area contributed by atoms with Crippen LogP contribution in [0.1, 0.15) is 53.0 Å². The number of benzene rings is 2. The molecule has 7 rings (SSSR count). The molecule has 0 saturated heterocycles. The second-order valence-corrected chi connectivity index (χ2v) is 12.3. The van der Waals surface area contributed by atoms with Gasteiger partial charge in [0.2, 0.25) is 11.9 Å².